The van der Waals surface area contributed by atoms with Crippen molar-refractivity contribution in [1.82, 2.24) is 9.97 Å². The predicted octanol–water partition coefficient (Wildman–Crippen LogP) is 2.78. The zero-order chi connectivity index (χ0) is 10.7. The maximum absolute atomic E-state index is 4.33. The SMILES string of the molecule is Cc1ccnc(NC(C)CCC2CC2)n1. The Labute approximate surface area is 91.3 Å². The fourth-order valence-corrected chi connectivity index (χ4v) is 1.70. The highest BCUT2D eigenvalue weighted by Gasteiger charge is 2.21. The highest BCUT2D eigenvalue weighted by molar-refractivity contribution is 5.25. The summed E-state index contributed by atoms with van der Waals surface area (Å²) in [4.78, 5) is 8.53. The topological polar surface area (TPSA) is 37.8 Å². The molecule has 0 saturated heterocycles. The lowest BCUT2D eigenvalue weighted by atomic mass is 10.1. The van der Waals surface area contributed by atoms with Gasteiger partial charge in [-0.05, 0) is 38.7 Å². The molecule has 1 aliphatic rings. The van der Waals surface area contributed by atoms with Crippen molar-refractivity contribution in [2.45, 2.75) is 45.6 Å². The van der Waals surface area contributed by atoms with E-state index in [1.54, 1.807) is 6.20 Å². The molecule has 0 aromatic carbocycles. The Morgan fingerprint density at radius 1 is 1.53 bits per heavy atom. The quantitative estimate of drug-likeness (QED) is 0.803. The lowest BCUT2D eigenvalue weighted by Crippen LogP contribution is -2.17. The van der Waals surface area contributed by atoms with Gasteiger partial charge < -0.3 is 5.32 Å². The monoisotopic (exact) mass is 205 g/mol. The number of rotatable bonds is 5. The Kier molecular flexibility index (Phi) is 3.19. The minimum Gasteiger partial charge on any atom is -0.352 e. The highest BCUT2D eigenvalue weighted by Crippen LogP contribution is 2.33. The van der Waals surface area contributed by atoms with E-state index in [1.165, 1.54) is 25.7 Å². The molecule has 1 N–H and O–H groups in total. The minimum absolute atomic E-state index is 0.479. The molecule has 2 rings (SSSR count). The van der Waals surface area contributed by atoms with Crippen LogP contribution in [0.15, 0.2) is 12.3 Å². The molecular formula is C12H19N3. The largest absolute Gasteiger partial charge is 0.352 e. The smallest absolute Gasteiger partial charge is 0.223 e. The van der Waals surface area contributed by atoms with E-state index < -0.39 is 0 Å². The van der Waals surface area contributed by atoms with E-state index in [9.17, 15) is 0 Å². The van der Waals surface area contributed by atoms with Crippen LogP contribution >= 0.6 is 0 Å². The van der Waals surface area contributed by atoms with Crippen LogP contribution in [0.4, 0.5) is 5.95 Å². The normalized spacial score (nSPS) is 17.5. The van der Waals surface area contributed by atoms with Crippen LogP contribution in [0.1, 0.15) is 38.3 Å². The first-order valence-electron chi connectivity index (χ1n) is 5.80. The second-order valence-electron chi connectivity index (χ2n) is 4.59. The van der Waals surface area contributed by atoms with Gasteiger partial charge in [-0.3, -0.25) is 0 Å². The molecule has 82 valence electrons. The van der Waals surface area contributed by atoms with Crippen LogP contribution in [0.3, 0.4) is 0 Å². The van der Waals surface area contributed by atoms with Crippen molar-refractivity contribution in [1.29, 1.82) is 0 Å². The predicted molar refractivity (Wildman–Crippen MR) is 61.8 cm³/mol. The van der Waals surface area contributed by atoms with Crippen LogP contribution in [-0.4, -0.2) is 16.0 Å². The molecule has 0 bridgehead atoms. The van der Waals surface area contributed by atoms with Crippen molar-refractivity contribution in [3.63, 3.8) is 0 Å². The van der Waals surface area contributed by atoms with E-state index in [0.717, 1.165) is 17.6 Å². The maximum Gasteiger partial charge on any atom is 0.223 e. The molecule has 3 heteroatoms. The van der Waals surface area contributed by atoms with Gasteiger partial charge in [0, 0.05) is 17.9 Å². The average molecular weight is 205 g/mol. The second kappa shape index (κ2) is 4.60. The molecule has 0 radical (unpaired) electrons. The summed E-state index contributed by atoms with van der Waals surface area (Å²) < 4.78 is 0. The molecule has 0 aliphatic heterocycles. The lowest BCUT2D eigenvalue weighted by molar-refractivity contribution is 0.607. The fraction of sp³-hybridized carbons (Fsp3) is 0.667. The number of anilines is 1. The molecule has 1 atom stereocenters. The van der Waals surface area contributed by atoms with Gasteiger partial charge in [-0.25, -0.2) is 9.97 Å². The maximum atomic E-state index is 4.33. The average Bonchev–Trinajstić information content (AvgIpc) is 2.98. The number of nitrogens with zero attached hydrogens (tertiary/aromatic N) is 2. The lowest BCUT2D eigenvalue weighted by Gasteiger charge is -2.13. The fourth-order valence-electron chi connectivity index (χ4n) is 1.70. The summed E-state index contributed by atoms with van der Waals surface area (Å²) >= 11 is 0. The second-order valence-corrected chi connectivity index (χ2v) is 4.59. The molecule has 1 saturated carbocycles. The minimum atomic E-state index is 0.479. The van der Waals surface area contributed by atoms with Gasteiger partial charge in [0.15, 0.2) is 0 Å². The summed E-state index contributed by atoms with van der Waals surface area (Å²) in [5.41, 5.74) is 1.02. The Balaban J connectivity index is 1.79. The summed E-state index contributed by atoms with van der Waals surface area (Å²) in [6, 6.07) is 2.40. The Morgan fingerprint density at radius 3 is 3.00 bits per heavy atom. The number of nitrogens with one attached hydrogen (secondary N) is 1. The van der Waals surface area contributed by atoms with Crippen molar-refractivity contribution >= 4 is 5.95 Å². The first kappa shape index (κ1) is 10.4. The van der Waals surface area contributed by atoms with E-state index in [-0.39, 0.29) is 0 Å². The van der Waals surface area contributed by atoms with Gasteiger partial charge in [-0.1, -0.05) is 12.8 Å². The van der Waals surface area contributed by atoms with Gasteiger partial charge in [-0.2, -0.15) is 0 Å². The van der Waals surface area contributed by atoms with Crippen molar-refractivity contribution in [2.75, 3.05) is 5.32 Å². The van der Waals surface area contributed by atoms with Crippen molar-refractivity contribution in [3.05, 3.63) is 18.0 Å². The van der Waals surface area contributed by atoms with E-state index in [2.05, 4.69) is 22.2 Å². The van der Waals surface area contributed by atoms with E-state index in [4.69, 9.17) is 0 Å². The number of hydrogen-bond donors (Lipinski definition) is 1. The molecule has 1 unspecified atom stereocenters. The van der Waals surface area contributed by atoms with Gasteiger partial charge in [-0.15, -0.1) is 0 Å². The molecule has 1 aromatic rings. The van der Waals surface area contributed by atoms with Gasteiger partial charge in [0.25, 0.3) is 0 Å². The Hall–Kier alpha value is -1.12. The van der Waals surface area contributed by atoms with Gasteiger partial charge >= 0.3 is 0 Å². The zero-order valence-electron chi connectivity index (χ0n) is 9.53. The summed E-state index contributed by atoms with van der Waals surface area (Å²) in [6.45, 7) is 4.19. The van der Waals surface area contributed by atoms with Crippen molar-refractivity contribution in [3.8, 4) is 0 Å². The van der Waals surface area contributed by atoms with Crippen LogP contribution in [0, 0.1) is 12.8 Å². The van der Waals surface area contributed by atoms with E-state index >= 15 is 0 Å². The third kappa shape index (κ3) is 3.50. The Bertz CT molecular complexity index is 320. The molecule has 3 nitrogen and oxygen atoms in total. The summed E-state index contributed by atoms with van der Waals surface area (Å²) in [7, 11) is 0. The first-order chi connectivity index (χ1) is 7.24. The van der Waals surface area contributed by atoms with Crippen LogP contribution in [0.5, 0.6) is 0 Å². The van der Waals surface area contributed by atoms with Crippen LogP contribution in [0.2, 0.25) is 0 Å². The molecule has 1 aliphatic carbocycles. The zero-order valence-corrected chi connectivity index (χ0v) is 9.53. The third-order valence-corrected chi connectivity index (χ3v) is 2.88. The number of hydrogen-bond acceptors (Lipinski definition) is 3. The van der Waals surface area contributed by atoms with Crippen molar-refractivity contribution in [2.24, 2.45) is 5.92 Å². The van der Waals surface area contributed by atoms with Crippen LogP contribution in [-0.2, 0) is 0 Å². The standard InChI is InChI=1S/C12H19N3/c1-9(3-4-11-5-6-11)14-12-13-8-7-10(2)15-12/h7-9,11H,3-6H2,1-2H3,(H,13,14,15). The van der Waals surface area contributed by atoms with Crippen molar-refractivity contribution < 1.29 is 0 Å². The summed E-state index contributed by atoms with van der Waals surface area (Å²) in [6.07, 6.45) is 7.25. The molecule has 1 aromatic heterocycles. The van der Waals surface area contributed by atoms with E-state index in [1.807, 2.05) is 13.0 Å². The summed E-state index contributed by atoms with van der Waals surface area (Å²) in [5.74, 6) is 1.77. The molecule has 1 fully saturated rings. The van der Waals surface area contributed by atoms with Gasteiger partial charge in [0.2, 0.25) is 5.95 Å². The van der Waals surface area contributed by atoms with Crippen LogP contribution < -0.4 is 5.32 Å². The van der Waals surface area contributed by atoms with Crippen LogP contribution in [0.25, 0.3) is 0 Å². The first-order valence-corrected chi connectivity index (χ1v) is 5.80. The third-order valence-electron chi connectivity index (χ3n) is 2.88. The molecular weight excluding hydrogens is 186 g/mol. The molecule has 0 spiro atoms. The highest BCUT2D eigenvalue weighted by atomic mass is 15.1. The van der Waals surface area contributed by atoms with Gasteiger partial charge in [0.05, 0.1) is 0 Å². The number of aromatic nitrogens is 2. The number of aryl methyl sites for hydroxylation is 1. The summed E-state index contributed by atoms with van der Waals surface area (Å²) in [5, 5.41) is 3.34. The molecule has 15 heavy (non-hydrogen) atoms. The molecule has 1 heterocycles. The molecule has 0 amide bonds. The van der Waals surface area contributed by atoms with E-state index in [0.29, 0.717) is 6.04 Å². The Morgan fingerprint density at radius 2 is 2.33 bits per heavy atom. The van der Waals surface area contributed by atoms with Gasteiger partial charge in [0.1, 0.15) is 0 Å².